The molecular formula is C28H25N3O. The summed E-state index contributed by atoms with van der Waals surface area (Å²) in [5, 5.41) is 2.92. The SMILES string of the molecule is Cc1nc2ccc(N(C)C)cc2c(=O)n1C(c1ccccc1)c1cccc2ccccc12. The normalized spacial score (nSPS) is 12.2. The molecule has 0 N–H and O–H groups in total. The van der Waals surface area contributed by atoms with Crippen molar-refractivity contribution in [2.45, 2.75) is 13.0 Å². The van der Waals surface area contributed by atoms with E-state index in [1.165, 1.54) is 0 Å². The van der Waals surface area contributed by atoms with Crippen LogP contribution in [0.3, 0.4) is 0 Å². The van der Waals surface area contributed by atoms with Crippen LogP contribution < -0.4 is 10.5 Å². The summed E-state index contributed by atoms with van der Waals surface area (Å²) in [6.45, 7) is 1.92. The van der Waals surface area contributed by atoms with Crippen LogP contribution in [0.5, 0.6) is 0 Å². The minimum atomic E-state index is -0.283. The molecule has 0 aliphatic rings. The highest BCUT2D eigenvalue weighted by Crippen LogP contribution is 2.32. The molecule has 0 bridgehead atoms. The number of aryl methyl sites for hydroxylation is 1. The third-order valence-electron chi connectivity index (χ3n) is 6.07. The van der Waals surface area contributed by atoms with Crippen molar-refractivity contribution in [2.24, 2.45) is 0 Å². The van der Waals surface area contributed by atoms with Gasteiger partial charge in [-0.15, -0.1) is 0 Å². The van der Waals surface area contributed by atoms with Gasteiger partial charge in [0.05, 0.1) is 16.9 Å². The zero-order chi connectivity index (χ0) is 22.2. The molecular weight excluding hydrogens is 394 g/mol. The summed E-state index contributed by atoms with van der Waals surface area (Å²) in [6, 6.07) is 30.4. The minimum absolute atomic E-state index is 0.0296. The first kappa shape index (κ1) is 20.0. The zero-order valence-electron chi connectivity index (χ0n) is 18.5. The van der Waals surface area contributed by atoms with E-state index in [0.29, 0.717) is 11.2 Å². The van der Waals surface area contributed by atoms with Crippen LogP contribution >= 0.6 is 0 Å². The summed E-state index contributed by atoms with van der Waals surface area (Å²) < 4.78 is 1.85. The van der Waals surface area contributed by atoms with Crippen molar-refractivity contribution in [1.82, 2.24) is 9.55 Å². The summed E-state index contributed by atoms with van der Waals surface area (Å²) >= 11 is 0. The summed E-state index contributed by atoms with van der Waals surface area (Å²) in [4.78, 5) is 20.8. The van der Waals surface area contributed by atoms with Gasteiger partial charge in [-0.05, 0) is 47.0 Å². The number of benzene rings is 4. The Hall–Kier alpha value is -3.92. The average molecular weight is 420 g/mol. The van der Waals surface area contributed by atoms with Crippen molar-refractivity contribution in [3.05, 3.63) is 118 Å². The van der Waals surface area contributed by atoms with Crippen molar-refractivity contribution >= 4 is 27.4 Å². The Morgan fingerprint density at radius 2 is 1.53 bits per heavy atom. The standard InChI is InChI=1S/C28H25N3O/c1-19-29-26-17-16-22(30(2)3)18-25(26)28(32)31(19)27(21-11-5-4-6-12-21)24-15-9-13-20-10-7-8-14-23(20)24/h4-18,27H,1-3H3. The first-order valence-corrected chi connectivity index (χ1v) is 10.8. The van der Waals surface area contributed by atoms with Crippen LogP contribution in [-0.4, -0.2) is 23.6 Å². The Bertz CT molecular complexity index is 1480. The maximum atomic E-state index is 14.0. The number of rotatable bonds is 4. The molecule has 0 radical (unpaired) electrons. The molecule has 0 aliphatic carbocycles. The van der Waals surface area contributed by atoms with Crippen LogP contribution in [0.15, 0.2) is 95.8 Å². The second-order valence-corrected chi connectivity index (χ2v) is 8.31. The van der Waals surface area contributed by atoms with Crippen LogP contribution in [0.4, 0.5) is 5.69 Å². The lowest BCUT2D eigenvalue weighted by Crippen LogP contribution is -2.30. The van der Waals surface area contributed by atoms with E-state index in [9.17, 15) is 4.79 Å². The Morgan fingerprint density at radius 3 is 2.31 bits per heavy atom. The molecule has 0 saturated heterocycles. The molecule has 5 rings (SSSR count). The van der Waals surface area contributed by atoms with Crippen molar-refractivity contribution in [3.63, 3.8) is 0 Å². The molecule has 5 aromatic rings. The molecule has 4 aromatic carbocycles. The highest BCUT2D eigenvalue weighted by molar-refractivity contribution is 5.87. The van der Waals surface area contributed by atoms with E-state index in [1.54, 1.807) is 0 Å². The third-order valence-corrected chi connectivity index (χ3v) is 6.07. The second-order valence-electron chi connectivity index (χ2n) is 8.31. The molecule has 1 atom stereocenters. The highest BCUT2D eigenvalue weighted by atomic mass is 16.1. The highest BCUT2D eigenvalue weighted by Gasteiger charge is 2.23. The summed E-state index contributed by atoms with van der Waals surface area (Å²) in [5.41, 5.74) is 3.81. The van der Waals surface area contributed by atoms with Crippen molar-refractivity contribution in [3.8, 4) is 0 Å². The molecule has 0 fully saturated rings. The van der Waals surface area contributed by atoms with E-state index in [1.807, 2.05) is 79.0 Å². The van der Waals surface area contributed by atoms with Gasteiger partial charge >= 0.3 is 0 Å². The van der Waals surface area contributed by atoms with E-state index in [2.05, 4.69) is 42.5 Å². The smallest absolute Gasteiger partial charge is 0.262 e. The van der Waals surface area contributed by atoms with E-state index in [4.69, 9.17) is 4.98 Å². The average Bonchev–Trinajstić information content (AvgIpc) is 2.82. The maximum absolute atomic E-state index is 14.0. The van der Waals surface area contributed by atoms with Crippen molar-refractivity contribution in [2.75, 3.05) is 19.0 Å². The van der Waals surface area contributed by atoms with Gasteiger partial charge in [-0.1, -0.05) is 72.8 Å². The number of fused-ring (bicyclic) bond motifs is 2. The number of hydrogen-bond donors (Lipinski definition) is 0. The molecule has 0 amide bonds. The Labute approximate surface area is 187 Å². The molecule has 4 nitrogen and oxygen atoms in total. The topological polar surface area (TPSA) is 38.1 Å². The summed E-state index contributed by atoms with van der Waals surface area (Å²) in [6.07, 6.45) is 0. The van der Waals surface area contributed by atoms with Gasteiger partial charge in [0.2, 0.25) is 0 Å². The molecule has 32 heavy (non-hydrogen) atoms. The zero-order valence-corrected chi connectivity index (χ0v) is 18.5. The van der Waals surface area contributed by atoms with Crippen LogP contribution in [0.2, 0.25) is 0 Å². The predicted octanol–water partition coefficient (Wildman–Crippen LogP) is 5.56. The van der Waals surface area contributed by atoms with E-state index < -0.39 is 0 Å². The quantitative estimate of drug-likeness (QED) is 0.383. The fourth-order valence-corrected chi connectivity index (χ4v) is 4.47. The van der Waals surface area contributed by atoms with Gasteiger partial charge in [-0.25, -0.2) is 4.98 Å². The first-order valence-electron chi connectivity index (χ1n) is 10.8. The summed E-state index contributed by atoms with van der Waals surface area (Å²) in [7, 11) is 3.95. The first-order chi connectivity index (χ1) is 15.5. The van der Waals surface area contributed by atoms with Gasteiger partial charge in [0.15, 0.2) is 0 Å². The number of aromatic nitrogens is 2. The van der Waals surface area contributed by atoms with Crippen LogP contribution in [-0.2, 0) is 0 Å². The maximum Gasteiger partial charge on any atom is 0.262 e. The fourth-order valence-electron chi connectivity index (χ4n) is 4.47. The molecule has 1 unspecified atom stereocenters. The Morgan fingerprint density at radius 1 is 0.812 bits per heavy atom. The van der Waals surface area contributed by atoms with Crippen LogP contribution in [0, 0.1) is 6.92 Å². The lowest BCUT2D eigenvalue weighted by atomic mass is 9.93. The lowest BCUT2D eigenvalue weighted by molar-refractivity contribution is 0.623. The van der Waals surface area contributed by atoms with E-state index in [0.717, 1.165) is 33.1 Å². The van der Waals surface area contributed by atoms with Gasteiger partial charge in [-0.2, -0.15) is 0 Å². The van der Waals surface area contributed by atoms with Gasteiger partial charge in [0, 0.05) is 19.8 Å². The number of nitrogens with zero attached hydrogens (tertiary/aromatic N) is 3. The molecule has 4 heteroatoms. The number of hydrogen-bond acceptors (Lipinski definition) is 3. The van der Waals surface area contributed by atoms with Gasteiger partial charge in [-0.3, -0.25) is 9.36 Å². The lowest BCUT2D eigenvalue weighted by Gasteiger charge is -2.25. The molecule has 158 valence electrons. The second kappa shape index (κ2) is 7.97. The predicted molar refractivity (Wildman–Crippen MR) is 133 cm³/mol. The molecule has 1 heterocycles. The Kier molecular flexibility index (Phi) is 4.98. The number of anilines is 1. The van der Waals surface area contributed by atoms with Crippen molar-refractivity contribution in [1.29, 1.82) is 0 Å². The fraction of sp³-hybridized carbons (Fsp3) is 0.143. The van der Waals surface area contributed by atoms with Crippen LogP contribution in [0.1, 0.15) is 23.0 Å². The Balaban J connectivity index is 1.86. The van der Waals surface area contributed by atoms with Gasteiger partial charge in [0.1, 0.15) is 5.82 Å². The third kappa shape index (κ3) is 3.34. The monoisotopic (exact) mass is 419 g/mol. The molecule has 0 spiro atoms. The molecule has 0 saturated carbocycles. The van der Waals surface area contributed by atoms with Crippen LogP contribution in [0.25, 0.3) is 21.7 Å². The van der Waals surface area contributed by atoms with E-state index in [-0.39, 0.29) is 11.6 Å². The largest absolute Gasteiger partial charge is 0.378 e. The summed E-state index contributed by atoms with van der Waals surface area (Å²) in [5.74, 6) is 0.696. The van der Waals surface area contributed by atoms with Crippen molar-refractivity contribution < 1.29 is 0 Å². The van der Waals surface area contributed by atoms with Gasteiger partial charge < -0.3 is 4.90 Å². The minimum Gasteiger partial charge on any atom is -0.378 e. The molecule has 0 aliphatic heterocycles. The molecule has 1 aromatic heterocycles. The van der Waals surface area contributed by atoms with Gasteiger partial charge in [0.25, 0.3) is 5.56 Å². The van der Waals surface area contributed by atoms with E-state index >= 15 is 0 Å².